The van der Waals surface area contributed by atoms with Gasteiger partial charge in [-0.3, -0.25) is 4.79 Å². The maximum absolute atomic E-state index is 12.4. The normalized spacial score (nSPS) is 10.6. The molecule has 2 aromatic carbocycles. The highest BCUT2D eigenvalue weighted by Crippen LogP contribution is 2.21. The molecule has 7 nitrogen and oxygen atoms in total. The zero-order chi connectivity index (χ0) is 19.2. The van der Waals surface area contributed by atoms with Gasteiger partial charge in [-0.2, -0.15) is 4.68 Å². The van der Waals surface area contributed by atoms with Crippen molar-refractivity contribution in [3.8, 4) is 11.4 Å². The lowest BCUT2D eigenvalue weighted by Crippen LogP contribution is -2.27. The van der Waals surface area contributed by atoms with Gasteiger partial charge in [0.2, 0.25) is 11.1 Å². The molecule has 0 aliphatic heterocycles. The van der Waals surface area contributed by atoms with Gasteiger partial charge in [0.15, 0.2) is 0 Å². The lowest BCUT2D eigenvalue weighted by molar-refractivity contribution is -0.127. The molecule has 9 heteroatoms. The van der Waals surface area contributed by atoms with Crippen molar-refractivity contribution in [3.05, 3.63) is 58.6 Å². The van der Waals surface area contributed by atoms with Crippen LogP contribution in [0, 0.1) is 0 Å². The van der Waals surface area contributed by atoms with E-state index in [2.05, 4.69) is 31.5 Å². The summed E-state index contributed by atoms with van der Waals surface area (Å²) in [5.74, 6) is 1.02. The second-order valence-electron chi connectivity index (χ2n) is 5.74. The SMILES string of the molecule is COc1ccc(-n2nnnc2SCC(=O)N(C)Cc2ccc(Br)cc2)cc1. The molecule has 0 atom stereocenters. The molecule has 1 heterocycles. The van der Waals surface area contributed by atoms with Crippen molar-refractivity contribution in [1.82, 2.24) is 25.1 Å². The molecule has 1 amide bonds. The summed E-state index contributed by atoms with van der Waals surface area (Å²) in [6, 6.07) is 15.3. The van der Waals surface area contributed by atoms with Crippen LogP contribution in [0.3, 0.4) is 0 Å². The van der Waals surface area contributed by atoms with Gasteiger partial charge in [-0.05, 0) is 52.4 Å². The lowest BCUT2D eigenvalue weighted by atomic mass is 10.2. The number of nitrogens with zero attached hydrogens (tertiary/aromatic N) is 5. The fourth-order valence-electron chi connectivity index (χ4n) is 2.34. The standard InChI is InChI=1S/C18H18BrN5O2S/c1-23(11-13-3-5-14(19)6-4-13)17(25)12-27-18-20-21-22-24(18)15-7-9-16(26-2)10-8-15/h3-10H,11-12H2,1-2H3. The highest BCUT2D eigenvalue weighted by Gasteiger charge is 2.14. The molecule has 0 N–H and O–H groups in total. The van der Waals surface area contributed by atoms with Crippen LogP contribution >= 0.6 is 27.7 Å². The topological polar surface area (TPSA) is 73.1 Å². The smallest absolute Gasteiger partial charge is 0.233 e. The largest absolute Gasteiger partial charge is 0.497 e. The highest BCUT2D eigenvalue weighted by atomic mass is 79.9. The Hall–Kier alpha value is -2.39. The number of rotatable bonds is 7. The van der Waals surface area contributed by atoms with Crippen molar-refractivity contribution in [1.29, 1.82) is 0 Å². The lowest BCUT2D eigenvalue weighted by Gasteiger charge is -2.17. The summed E-state index contributed by atoms with van der Waals surface area (Å²) >= 11 is 4.71. The van der Waals surface area contributed by atoms with Crippen molar-refractivity contribution in [2.75, 3.05) is 19.9 Å². The van der Waals surface area contributed by atoms with Gasteiger partial charge in [-0.25, -0.2) is 0 Å². The number of carbonyl (C=O) groups is 1. The number of carbonyl (C=O) groups excluding carboxylic acids is 1. The van der Waals surface area contributed by atoms with Gasteiger partial charge < -0.3 is 9.64 Å². The molecule has 27 heavy (non-hydrogen) atoms. The Morgan fingerprint density at radius 1 is 1.19 bits per heavy atom. The molecule has 0 aliphatic carbocycles. The van der Waals surface area contributed by atoms with Crippen LogP contribution in [0.25, 0.3) is 5.69 Å². The van der Waals surface area contributed by atoms with Gasteiger partial charge in [0, 0.05) is 18.1 Å². The van der Waals surface area contributed by atoms with Crippen molar-refractivity contribution >= 4 is 33.6 Å². The maximum atomic E-state index is 12.4. The predicted molar refractivity (Wildman–Crippen MR) is 107 cm³/mol. The Bertz CT molecular complexity index is 899. The molecule has 0 spiro atoms. The summed E-state index contributed by atoms with van der Waals surface area (Å²) < 4.78 is 7.78. The molecule has 1 aromatic heterocycles. The number of ether oxygens (including phenoxy) is 1. The Labute approximate surface area is 169 Å². The van der Waals surface area contributed by atoms with E-state index in [9.17, 15) is 4.79 Å². The van der Waals surface area contributed by atoms with Gasteiger partial charge in [-0.15, -0.1) is 5.10 Å². The summed E-state index contributed by atoms with van der Waals surface area (Å²) in [4.78, 5) is 14.1. The summed E-state index contributed by atoms with van der Waals surface area (Å²) in [7, 11) is 3.40. The summed E-state index contributed by atoms with van der Waals surface area (Å²) in [6.45, 7) is 0.552. The van der Waals surface area contributed by atoms with Crippen LogP contribution in [-0.4, -0.2) is 50.9 Å². The number of tetrazole rings is 1. The van der Waals surface area contributed by atoms with E-state index in [1.54, 1.807) is 23.7 Å². The van der Waals surface area contributed by atoms with Gasteiger partial charge in [-0.1, -0.05) is 39.8 Å². The third kappa shape index (κ3) is 5.08. The molecule has 3 rings (SSSR count). The monoisotopic (exact) mass is 447 g/mol. The van der Waals surface area contributed by atoms with Crippen molar-refractivity contribution in [3.63, 3.8) is 0 Å². The molecular weight excluding hydrogens is 430 g/mol. The number of thioether (sulfide) groups is 1. The van der Waals surface area contributed by atoms with Crippen molar-refractivity contribution in [2.45, 2.75) is 11.7 Å². The second kappa shape index (κ2) is 9.01. The van der Waals surface area contributed by atoms with Crippen LogP contribution in [0.2, 0.25) is 0 Å². The van der Waals surface area contributed by atoms with Gasteiger partial charge in [0.1, 0.15) is 5.75 Å². The molecule has 0 unspecified atom stereocenters. The Kier molecular flexibility index (Phi) is 6.46. The van der Waals surface area contributed by atoms with E-state index in [1.807, 2.05) is 48.5 Å². The summed E-state index contributed by atoms with van der Waals surface area (Å²) in [5.41, 5.74) is 1.88. The number of hydrogen-bond donors (Lipinski definition) is 0. The number of halogens is 1. The first-order valence-electron chi connectivity index (χ1n) is 8.11. The molecule has 3 aromatic rings. The average Bonchev–Trinajstić information content (AvgIpc) is 3.16. The zero-order valence-electron chi connectivity index (χ0n) is 14.9. The van der Waals surface area contributed by atoms with Crippen LogP contribution in [0.5, 0.6) is 5.75 Å². The Morgan fingerprint density at radius 2 is 1.89 bits per heavy atom. The van der Waals surface area contributed by atoms with E-state index in [-0.39, 0.29) is 11.7 Å². The maximum Gasteiger partial charge on any atom is 0.233 e. The quantitative estimate of drug-likeness (QED) is 0.517. The van der Waals surface area contributed by atoms with Crippen molar-refractivity contribution < 1.29 is 9.53 Å². The van der Waals surface area contributed by atoms with Gasteiger partial charge in [0.05, 0.1) is 18.6 Å². The first kappa shape index (κ1) is 19.4. The van der Waals surface area contributed by atoms with Crippen LogP contribution in [0.4, 0.5) is 0 Å². The van der Waals surface area contributed by atoms with Crippen LogP contribution in [0.15, 0.2) is 58.2 Å². The number of benzene rings is 2. The minimum atomic E-state index is 0.00667. The molecular formula is C18H18BrN5O2S. The number of aromatic nitrogens is 4. The van der Waals surface area contributed by atoms with Crippen molar-refractivity contribution in [2.24, 2.45) is 0 Å². The molecule has 0 saturated carbocycles. The highest BCUT2D eigenvalue weighted by molar-refractivity contribution is 9.10. The van der Waals surface area contributed by atoms with Crippen LogP contribution < -0.4 is 4.74 Å². The minimum Gasteiger partial charge on any atom is -0.497 e. The van der Waals surface area contributed by atoms with E-state index >= 15 is 0 Å². The fourth-order valence-corrected chi connectivity index (χ4v) is 3.44. The van der Waals surface area contributed by atoms with E-state index in [0.717, 1.165) is 21.5 Å². The molecule has 0 bridgehead atoms. The van der Waals surface area contributed by atoms with E-state index in [4.69, 9.17) is 4.74 Å². The summed E-state index contributed by atoms with van der Waals surface area (Å²) in [5, 5.41) is 12.3. The van der Waals surface area contributed by atoms with E-state index < -0.39 is 0 Å². The number of methoxy groups -OCH3 is 1. The number of amides is 1. The zero-order valence-corrected chi connectivity index (χ0v) is 17.3. The second-order valence-corrected chi connectivity index (χ2v) is 7.59. The average molecular weight is 448 g/mol. The molecule has 0 saturated heterocycles. The third-order valence-electron chi connectivity index (χ3n) is 3.84. The molecule has 0 aliphatic rings. The van der Waals surface area contributed by atoms with Gasteiger partial charge >= 0.3 is 0 Å². The summed E-state index contributed by atoms with van der Waals surface area (Å²) in [6.07, 6.45) is 0. The molecule has 0 radical (unpaired) electrons. The molecule has 0 fully saturated rings. The van der Waals surface area contributed by atoms with E-state index in [1.165, 1.54) is 11.8 Å². The predicted octanol–water partition coefficient (Wildman–Crippen LogP) is 3.18. The van der Waals surface area contributed by atoms with E-state index in [0.29, 0.717) is 11.7 Å². The fraction of sp³-hybridized carbons (Fsp3) is 0.222. The first-order valence-corrected chi connectivity index (χ1v) is 9.88. The third-order valence-corrected chi connectivity index (χ3v) is 5.27. The molecule has 140 valence electrons. The van der Waals surface area contributed by atoms with Gasteiger partial charge in [0.25, 0.3) is 0 Å². The number of hydrogen-bond acceptors (Lipinski definition) is 6. The van der Waals surface area contributed by atoms with Crippen LogP contribution in [0.1, 0.15) is 5.56 Å². The Balaban J connectivity index is 1.60. The first-order chi connectivity index (χ1) is 13.1. The van der Waals surface area contributed by atoms with Crippen LogP contribution in [-0.2, 0) is 11.3 Å². The minimum absolute atomic E-state index is 0.00667. The Morgan fingerprint density at radius 3 is 2.56 bits per heavy atom.